The van der Waals surface area contributed by atoms with Gasteiger partial charge < -0.3 is 27.1 Å². The average molecular weight is 567 g/mol. The first-order valence-corrected chi connectivity index (χ1v) is 15.0. The van der Waals surface area contributed by atoms with Crippen LogP contribution in [-0.2, 0) is 0 Å². The van der Waals surface area contributed by atoms with Gasteiger partial charge in [-0.25, -0.2) is 4.98 Å². The highest BCUT2D eigenvalue weighted by atomic mass is 16.2. The summed E-state index contributed by atoms with van der Waals surface area (Å²) in [4.78, 5) is 33.8. The fourth-order valence-corrected chi connectivity index (χ4v) is 6.38. The molecule has 4 aromatic rings. The van der Waals surface area contributed by atoms with Crippen LogP contribution in [0.25, 0.3) is 22.4 Å². The highest BCUT2D eigenvalue weighted by molar-refractivity contribution is 6.04. The summed E-state index contributed by atoms with van der Waals surface area (Å²) in [7, 11) is 0. The van der Waals surface area contributed by atoms with Crippen LogP contribution in [-0.4, -0.2) is 39.4 Å². The number of nitrogens with one attached hydrogen (secondary N) is 3. The number of nitrogens with zero attached hydrogens (tertiary/aromatic N) is 1. The van der Waals surface area contributed by atoms with Gasteiger partial charge >= 0.3 is 0 Å². The molecule has 5 rings (SSSR count). The molecule has 1 saturated carbocycles. The van der Waals surface area contributed by atoms with Gasteiger partial charge in [0.15, 0.2) is 0 Å². The number of aromatic nitrogens is 2. The average Bonchev–Trinajstić information content (AvgIpc) is 3.42. The monoisotopic (exact) mass is 566 g/mol. The second-order valence-corrected chi connectivity index (χ2v) is 12.1. The second kappa shape index (κ2) is 12.5. The molecule has 2 unspecified atom stereocenters. The Kier molecular flexibility index (Phi) is 8.75. The Labute approximate surface area is 247 Å². The zero-order valence-electron chi connectivity index (χ0n) is 24.7. The molecular formula is C34H42N6O2. The summed E-state index contributed by atoms with van der Waals surface area (Å²) in [6.07, 6.45) is 4.61. The number of carbonyl (C=O) groups is 2. The third-order valence-corrected chi connectivity index (χ3v) is 8.86. The van der Waals surface area contributed by atoms with E-state index in [-0.39, 0.29) is 29.4 Å². The van der Waals surface area contributed by atoms with E-state index < -0.39 is 0 Å². The summed E-state index contributed by atoms with van der Waals surface area (Å²) in [5.41, 5.74) is 17.0. The number of rotatable bonds is 9. The van der Waals surface area contributed by atoms with Gasteiger partial charge in [0.05, 0.1) is 11.0 Å². The third-order valence-electron chi connectivity index (χ3n) is 8.86. The van der Waals surface area contributed by atoms with Crippen molar-refractivity contribution in [3.63, 3.8) is 0 Å². The maximum Gasteiger partial charge on any atom is 0.255 e. The fraction of sp³-hybridized carbons (Fsp3) is 0.382. The van der Waals surface area contributed by atoms with E-state index in [1.165, 1.54) is 0 Å². The molecular weight excluding hydrogens is 524 g/mol. The molecule has 8 heteroatoms. The number of H-pyrrole nitrogens is 1. The number of amides is 2. The molecule has 42 heavy (non-hydrogen) atoms. The molecule has 1 aliphatic carbocycles. The first kappa shape index (κ1) is 29.5. The van der Waals surface area contributed by atoms with Gasteiger partial charge in [0.1, 0.15) is 5.82 Å². The Morgan fingerprint density at radius 1 is 1.02 bits per heavy atom. The number of anilines is 1. The lowest BCUT2D eigenvalue weighted by atomic mass is 9.67. The standard InChI is InChI=1S/C34H42N6O2/c1-4-34(36,20-22(3)35)26-13-17-28(21(2)18-26)40-33(42)25-12-16-29-30(19-25)39-31(38-29)23-10-14-27(15-11-23)37-32(41)24-8-6-5-7-9-24/h5-12,14-16,19,21-22,26,28H,4,13,17-18,20,35-36H2,1-3H3,(H,37,41)(H,38,39)(H,40,42)/t21-,22-,26?,28?,34-/m0/s1. The Balaban J connectivity index is 1.22. The van der Waals surface area contributed by atoms with Crippen LogP contribution < -0.4 is 22.1 Å². The quantitative estimate of drug-likeness (QED) is 0.173. The largest absolute Gasteiger partial charge is 0.349 e. The summed E-state index contributed by atoms with van der Waals surface area (Å²) < 4.78 is 0. The van der Waals surface area contributed by atoms with Crippen molar-refractivity contribution in [2.75, 3.05) is 5.32 Å². The van der Waals surface area contributed by atoms with Crippen LogP contribution in [0.3, 0.4) is 0 Å². The number of hydrogen-bond acceptors (Lipinski definition) is 5. The van der Waals surface area contributed by atoms with Crippen LogP contribution >= 0.6 is 0 Å². The zero-order chi connectivity index (χ0) is 29.9. The molecule has 0 saturated heterocycles. The van der Waals surface area contributed by atoms with Crippen LogP contribution in [0.2, 0.25) is 0 Å². The first-order chi connectivity index (χ1) is 20.1. The van der Waals surface area contributed by atoms with Crippen molar-refractivity contribution in [2.45, 2.75) is 70.5 Å². The van der Waals surface area contributed by atoms with Crippen LogP contribution in [0.5, 0.6) is 0 Å². The SMILES string of the molecule is CC[C@](N)(C[C@H](C)N)C1CCC(NC(=O)c2ccc3nc(-c4ccc(NC(=O)c5ccccc5)cc4)[nH]c3c2)[C@@H](C)C1. The van der Waals surface area contributed by atoms with Crippen molar-refractivity contribution in [3.8, 4) is 11.4 Å². The van der Waals surface area contributed by atoms with Gasteiger partial charge in [-0.1, -0.05) is 32.0 Å². The van der Waals surface area contributed by atoms with Gasteiger partial charge in [-0.2, -0.15) is 0 Å². The van der Waals surface area contributed by atoms with Crippen molar-refractivity contribution in [2.24, 2.45) is 23.3 Å². The third kappa shape index (κ3) is 6.55. The maximum atomic E-state index is 13.3. The molecule has 3 aromatic carbocycles. The topological polar surface area (TPSA) is 139 Å². The van der Waals surface area contributed by atoms with Crippen LogP contribution in [0, 0.1) is 11.8 Å². The summed E-state index contributed by atoms with van der Waals surface area (Å²) in [5.74, 6) is 1.20. The minimum atomic E-state index is -0.253. The van der Waals surface area contributed by atoms with Gasteiger partial charge in [-0.15, -0.1) is 0 Å². The van der Waals surface area contributed by atoms with Gasteiger partial charge in [0.25, 0.3) is 11.8 Å². The van der Waals surface area contributed by atoms with E-state index in [1.54, 1.807) is 12.1 Å². The van der Waals surface area contributed by atoms with Crippen LogP contribution in [0.4, 0.5) is 5.69 Å². The predicted octanol–water partition coefficient (Wildman–Crippen LogP) is 5.86. The molecule has 1 heterocycles. The van der Waals surface area contributed by atoms with Crippen molar-refractivity contribution in [3.05, 3.63) is 83.9 Å². The van der Waals surface area contributed by atoms with Crippen molar-refractivity contribution in [1.82, 2.24) is 15.3 Å². The molecule has 5 atom stereocenters. The number of carbonyl (C=O) groups excluding carboxylic acids is 2. The summed E-state index contributed by atoms with van der Waals surface area (Å²) >= 11 is 0. The summed E-state index contributed by atoms with van der Waals surface area (Å²) in [5, 5.41) is 6.19. The van der Waals surface area contributed by atoms with Gasteiger partial charge in [-0.3, -0.25) is 9.59 Å². The van der Waals surface area contributed by atoms with E-state index in [1.807, 2.05) is 67.6 Å². The lowest BCUT2D eigenvalue weighted by molar-refractivity contribution is 0.0853. The molecule has 0 bridgehead atoms. The van der Waals surface area contributed by atoms with E-state index in [0.29, 0.717) is 34.5 Å². The van der Waals surface area contributed by atoms with E-state index >= 15 is 0 Å². The van der Waals surface area contributed by atoms with Crippen molar-refractivity contribution < 1.29 is 9.59 Å². The zero-order valence-corrected chi connectivity index (χ0v) is 24.7. The molecule has 1 aromatic heterocycles. The first-order valence-electron chi connectivity index (χ1n) is 15.0. The minimum absolute atomic E-state index is 0.0765. The van der Waals surface area contributed by atoms with E-state index in [4.69, 9.17) is 16.5 Å². The number of fused-ring (bicyclic) bond motifs is 1. The molecule has 1 fully saturated rings. The number of aromatic amines is 1. The van der Waals surface area contributed by atoms with E-state index in [2.05, 4.69) is 29.5 Å². The van der Waals surface area contributed by atoms with Gasteiger partial charge in [0.2, 0.25) is 0 Å². The predicted molar refractivity (Wildman–Crippen MR) is 169 cm³/mol. The van der Waals surface area contributed by atoms with Crippen molar-refractivity contribution in [1.29, 1.82) is 0 Å². The Hall–Kier alpha value is -4.01. The van der Waals surface area contributed by atoms with Gasteiger partial charge in [-0.05, 0) is 105 Å². The van der Waals surface area contributed by atoms with Crippen molar-refractivity contribution >= 4 is 28.5 Å². The molecule has 0 aliphatic heterocycles. The molecule has 8 nitrogen and oxygen atoms in total. The summed E-state index contributed by atoms with van der Waals surface area (Å²) in [6.45, 7) is 6.39. The Bertz CT molecular complexity index is 1530. The van der Waals surface area contributed by atoms with E-state index in [0.717, 1.165) is 48.7 Å². The van der Waals surface area contributed by atoms with E-state index in [9.17, 15) is 9.59 Å². The Morgan fingerprint density at radius 3 is 2.43 bits per heavy atom. The normalized spacial score (nSPS) is 20.9. The fourth-order valence-electron chi connectivity index (χ4n) is 6.38. The molecule has 7 N–H and O–H groups in total. The lowest BCUT2D eigenvalue weighted by Crippen LogP contribution is -2.54. The number of imidazole rings is 1. The lowest BCUT2D eigenvalue weighted by Gasteiger charge is -2.44. The molecule has 0 spiro atoms. The Morgan fingerprint density at radius 2 is 1.76 bits per heavy atom. The molecule has 220 valence electrons. The highest BCUT2D eigenvalue weighted by Crippen LogP contribution is 2.38. The second-order valence-electron chi connectivity index (χ2n) is 12.1. The number of nitrogens with two attached hydrogens (primary N) is 2. The molecule has 1 aliphatic rings. The smallest absolute Gasteiger partial charge is 0.255 e. The minimum Gasteiger partial charge on any atom is -0.349 e. The highest BCUT2D eigenvalue weighted by Gasteiger charge is 2.39. The number of hydrogen-bond donors (Lipinski definition) is 5. The summed E-state index contributed by atoms with van der Waals surface area (Å²) in [6, 6.07) is 22.4. The van der Waals surface area contributed by atoms with Crippen LogP contribution in [0.15, 0.2) is 72.8 Å². The molecule has 0 radical (unpaired) electrons. The number of benzene rings is 3. The maximum absolute atomic E-state index is 13.3. The van der Waals surface area contributed by atoms with Crippen LogP contribution in [0.1, 0.15) is 73.6 Å². The van der Waals surface area contributed by atoms with Gasteiger partial charge in [0, 0.05) is 40.0 Å². The molecule has 2 amide bonds.